The highest BCUT2D eigenvalue weighted by atomic mass is 32.1. The predicted molar refractivity (Wildman–Crippen MR) is 95.6 cm³/mol. The van der Waals surface area contributed by atoms with E-state index in [1.807, 2.05) is 0 Å². The predicted octanol–water partition coefficient (Wildman–Crippen LogP) is 3.52. The maximum Gasteiger partial charge on any atom is 0.124 e. The number of likely N-dealkylation sites (N-methyl/N-ethyl adjacent to an activating group) is 1. The molecular formula is C18H23N3OS. The highest BCUT2D eigenvalue weighted by Gasteiger charge is 2.23. The molecule has 2 aliphatic heterocycles. The third-order valence-corrected chi connectivity index (χ3v) is 5.88. The number of ether oxygens (including phenoxy) is 1. The molecule has 2 atom stereocenters. The van der Waals surface area contributed by atoms with Gasteiger partial charge >= 0.3 is 0 Å². The van der Waals surface area contributed by atoms with Crippen LogP contribution in [0.3, 0.4) is 0 Å². The molecule has 0 N–H and O–H groups in total. The topological polar surface area (TPSA) is 37.7 Å². The quantitative estimate of drug-likeness (QED) is 0.846. The second kappa shape index (κ2) is 6.30. The minimum atomic E-state index is 0.113. The van der Waals surface area contributed by atoms with Crippen molar-refractivity contribution in [1.82, 2.24) is 9.88 Å². The molecule has 0 bridgehead atoms. The second-order valence-electron chi connectivity index (χ2n) is 6.79. The molecule has 122 valence electrons. The number of thiazole rings is 1. The summed E-state index contributed by atoms with van der Waals surface area (Å²) in [5.41, 5.74) is 3.57. The fraction of sp³-hybridized carbons (Fsp3) is 0.556. The average Bonchev–Trinajstić information content (AvgIpc) is 2.99. The molecule has 0 radical (unpaired) electrons. The Morgan fingerprint density at radius 1 is 1.35 bits per heavy atom. The maximum atomic E-state index is 5.90. The zero-order valence-corrected chi connectivity index (χ0v) is 14.6. The summed E-state index contributed by atoms with van der Waals surface area (Å²) in [5.74, 6) is 0.716. The van der Waals surface area contributed by atoms with Crippen molar-refractivity contribution in [3.63, 3.8) is 0 Å². The van der Waals surface area contributed by atoms with E-state index in [9.17, 15) is 0 Å². The number of hydrogen-bond acceptors (Lipinski definition) is 5. The zero-order valence-electron chi connectivity index (χ0n) is 13.8. The molecule has 1 unspecified atom stereocenters. The number of rotatable bonds is 2. The first-order chi connectivity index (χ1) is 11.2. The number of hydrogen-bond donors (Lipinski definition) is 0. The standard InChI is InChI=1S/C18H23N3OS/c1-12-3-5-14(19-10-12)13-4-6-17-15(9-13)20-18(23-17)16-11-21(2)7-8-22-16/h4,6,9,12,16H,3,5,7-8,10-11H2,1-2H3/t12-,16?/m0/s1. The molecule has 4 nitrogen and oxygen atoms in total. The van der Waals surface area contributed by atoms with Gasteiger partial charge in [0.15, 0.2) is 0 Å². The summed E-state index contributed by atoms with van der Waals surface area (Å²) < 4.78 is 7.15. The molecule has 1 fully saturated rings. The van der Waals surface area contributed by atoms with Crippen molar-refractivity contribution in [1.29, 1.82) is 0 Å². The fourth-order valence-electron chi connectivity index (χ4n) is 3.24. The Bertz CT molecular complexity index is 739. The van der Waals surface area contributed by atoms with Gasteiger partial charge in [-0.15, -0.1) is 11.3 Å². The summed E-state index contributed by atoms with van der Waals surface area (Å²) in [6.45, 7) is 5.95. The van der Waals surface area contributed by atoms with Gasteiger partial charge in [0, 0.05) is 25.3 Å². The van der Waals surface area contributed by atoms with E-state index in [2.05, 4.69) is 37.1 Å². The van der Waals surface area contributed by atoms with Crippen molar-refractivity contribution in [3.8, 4) is 0 Å². The Labute approximate surface area is 141 Å². The molecule has 3 heterocycles. The smallest absolute Gasteiger partial charge is 0.124 e. The minimum absolute atomic E-state index is 0.113. The number of nitrogens with zero attached hydrogens (tertiary/aromatic N) is 3. The van der Waals surface area contributed by atoms with Crippen LogP contribution >= 0.6 is 11.3 Å². The number of aliphatic imine (C=N–C) groups is 1. The molecular weight excluding hydrogens is 306 g/mol. The van der Waals surface area contributed by atoms with Crippen LogP contribution in [0, 0.1) is 5.92 Å². The van der Waals surface area contributed by atoms with Crippen LogP contribution in [0.2, 0.25) is 0 Å². The van der Waals surface area contributed by atoms with E-state index in [4.69, 9.17) is 14.7 Å². The van der Waals surface area contributed by atoms with Crippen LogP contribution in [0.15, 0.2) is 23.2 Å². The highest BCUT2D eigenvalue weighted by molar-refractivity contribution is 7.18. The largest absolute Gasteiger partial charge is 0.368 e. The Balaban J connectivity index is 1.62. The van der Waals surface area contributed by atoms with E-state index in [0.717, 1.165) is 43.2 Å². The molecule has 0 spiro atoms. The summed E-state index contributed by atoms with van der Waals surface area (Å²) in [6, 6.07) is 6.60. The van der Waals surface area contributed by atoms with Gasteiger partial charge in [-0.1, -0.05) is 13.0 Å². The lowest BCUT2D eigenvalue weighted by atomic mass is 9.96. The Morgan fingerprint density at radius 2 is 2.26 bits per heavy atom. The molecule has 1 saturated heterocycles. The molecule has 23 heavy (non-hydrogen) atoms. The van der Waals surface area contributed by atoms with Crippen LogP contribution in [-0.2, 0) is 4.74 Å². The van der Waals surface area contributed by atoms with Crippen molar-refractivity contribution in [2.24, 2.45) is 10.9 Å². The van der Waals surface area contributed by atoms with Gasteiger partial charge in [-0.2, -0.15) is 0 Å². The van der Waals surface area contributed by atoms with Gasteiger partial charge in [-0.3, -0.25) is 4.99 Å². The van der Waals surface area contributed by atoms with Gasteiger partial charge < -0.3 is 9.64 Å². The molecule has 4 rings (SSSR count). The van der Waals surface area contributed by atoms with E-state index in [0.29, 0.717) is 5.92 Å². The van der Waals surface area contributed by atoms with Gasteiger partial charge in [0.25, 0.3) is 0 Å². The van der Waals surface area contributed by atoms with E-state index in [-0.39, 0.29) is 6.10 Å². The minimum Gasteiger partial charge on any atom is -0.368 e. The van der Waals surface area contributed by atoms with Crippen molar-refractivity contribution >= 4 is 27.3 Å². The monoisotopic (exact) mass is 329 g/mol. The number of aromatic nitrogens is 1. The Hall–Kier alpha value is -1.30. The number of benzene rings is 1. The van der Waals surface area contributed by atoms with Crippen molar-refractivity contribution in [2.75, 3.05) is 33.3 Å². The van der Waals surface area contributed by atoms with Gasteiger partial charge in [-0.05, 0) is 43.5 Å². The maximum absolute atomic E-state index is 5.90. The van der Waals surface area contributed by atoms with Crippen molar-refractivity contribution in [3.05, 3.63) is 28.8 Å². The third-order valence-electron chi connectivity index (χ3n) is 4.75. The molecule has 2 aliphatic rings. The van der Waals surface area contributed by atoms with Gasteiger partial charge in [0.1, 0.15) is 11.1 Å². The van der Waals surface area contributed by atoms with Gasteiger partial charge in [0.2, 0.25) is 0 Å². The highest BCUT2D eigenvalue weighted by Crippen LogP contribution is 2.31. The Kier molecular flexibility index (Phi) is 4.18. The van der Waals surface area contributed by atoms with Crippen molar-refractivity contribution in [2.45, 2.75) is 25.9 Å². The summed E-state index contributed by atoms with van der Waals surface area (Å²) in [6.07, 6.45) is 2.43. The molecule has 0 saturated carbocycles. The lowest BCUT2D eigenvalue weighted by Crippen LogP contribution is -2.35. The molecule has 0 aliphatic carbocycles. The first-order valence-electron chi connectivity index (χ1n) is 8.43. The average molecular weight is 329 g/mol. The first kappa shape index (κ1) is 15.2. The van der Waals surface area contributed by atoms with Crippen LogP contribution in [0.1, 0.15) is 36.4 Å². The molecule has 2 aromatic rings. The van der Waals surface area contributed by atoms with E-state index >= 15 is 0 Å². The zero-order chi connectivity index (χ0) is 15.8. The van der Waals surface area contributed by atoms with Crippen LogP contribution in [-0.4, -0.2) is 48.9 Å². The lowest BCUT2D eigenvalue weighted by molar-refractivity contribution is -0.0208. The number of fused-ring (bicyclic) bond motifs is 1. The second-order valence-corrected chi connectivity index (χ2v) is 7.85. The van der Waals surface area contributed by atoms with E-state index < -0.39 is 0 Å². The van der Waals surface area contributed by atoms with Crippen LogP contribution in [0.4, 0.5) is 0 Å². The molecule has 1 aromatic heterocycles. The first-order valence-corrected chi connectivity index (χ1v) is 9.25. The number of morpholine rings is 1. The molecule has 1 aromatic carbocycles. The Morgan fingerprint density at radius 3 is 3.04 bits per heavy atom. The van der Waals surface area contributed by atoms with Crippen LogP contribution in [0.5, 0.6) is 0 Å². The summed E-state index contributed by atoms with van der Waals surface area (Å²) >= 11 is 1.76. The normalized spacial score (nSPS) is 26.4. The summed E-state index contributed by atoms with van der Waals surface area (Å²) in [5, 5.41) is 1.10. The summed E-state index contributed by atoms with van der Waals surface area (Å²) in [4.78, 5) is 11.9. The van der Waals surface area contributed by atoms with Crippen LogP contribution in [0.25, 0.3) is 10.2 Å². The van der Waals surface area contributed by atoms with Crippen LogP contribution < -0.4 is 0 Å². The van der Waals surface area contributed by atoms with Gasteiger partial charge in [-0.25, -0.2) is 4.98 Å². The third kappa shape index (κ3) is 3.18. The fourth-order valence-corrected chi connectivity index (χ4v) is 4.23. The SMILES string of the molecule is C[C@H]1CCC(c2ccc3sc(C4CN(C)CCO4)nc3c2)=NC1. The van der Waals surface area contributed by atoms with Crippen molar-refractivity contribution < 1.29 is 4.74 Å². The lowest BCUT2D eigenvalue weighted by Gasteiger charge is -2.28. The molecule has 5 heteroatoms. The van der Waals surface area contributed by atoms with Gasteiger partial charge in [0.05, 0.1) is 16.8 Å². The van der Waals surface area contributed by atoms with E-state index in [1.165, 1.54) is 22.4 Å². The van der Waals surface area contributed by atoms with E-state index in [1.54, 1.807) is 11.3 Å². The molecule has 0 amide bonds. The summed E-state index contributed by atoms with van der Waals surface area (Å²) in [7, 11) is 2.14.